The zero-order valence-electron chi connectivity index (χ0n) is 10.6. The predicted octanol–water partition coefficient (Wildman–Crippen LogP) is 2.43. The molecule has 1 aromatic carbocycles. The molecule has 0 atom stereocenters. The van der Waals surface area contributed by atoms with E-state index in [1.165, 1.54) is 16.7 Å². The number of aromatic hydroxyl groups is 1. The van der Waals surface area contributed by atoms with Crippen LogP contribution < -0.4 is 5.32 Å². The first-order chi connectivity index (χ1) is 8.75. The third-order valence-corrected chi connectivity index (χ3v) is 2.99. The number of aryl methyl sites for hydroxylation is 1. The second-order valence-electron chi connectivity index (χ2n) is 4.40. The fourth-order valence-corrected chi connectivity index (χ4v) is 1.80. The van der Waals surface area contributed by atoms with Gasteiger partial charge in [0.1, 0.15) is 5.75 Å². The van der Waals surface area contributed by atoms with Crippen LogP contribution in [0, 0.1) is 6.92 Å². The SMILES string of the molecule is Cc1ccncc1CNCCc1ccc(O)cc1. The summed E-state index contributed by atoms with van der Waals surface area (Å²) in [4.78, 5) is 4.12. The van der Waals surface area contributed by atoms with Crippen LogP contribution in [-0.4, -0.2) is 16.6 Å². The summed E-state index contributed by atoms with van der Waals surface area (Å²) in [5, 5.41) is 12.6. The molecule has 0 spiro atoms. The van der Waals surface area contributed by atoms with Crippen molar-refractivity contribution < 1.29 is 5.11 Å². The van der Waals surface area contributed by atoms with E-state index < -0.39 is 0 Å². The van der Waals surface area contributed by atoms with Gasteiger partial charge in [-0.1, -0.05) is 12.1 Å². The number of pyridine rings is 1. The van der Waals surface area contributed by atoms with Gasteiger partial charge in [-0.2, -0.15) is 0 Å². The molecule has 0 unspecified atom stereocenters. The molecule has 0 aliphatic carbocycles. The second-order valence-corrected chi connectivity index (χ2v) is 4.40. The number of benzene rings is 1. The molecular weight excluding hydrogens is 224 g/mol. The van der Waals surface area contributed by atoms with Gasteiger partial charge in [-0.15, -0.1) is 0 Å². The van der Waals surface area contributed by atoms with Gasteiger partial charge in [-0.05, 0) is 54.8 Å². The number of nitrogens with one attached hydrogen (secondary N) is 1. The van der Waals surface area contributed by atoms with E-state index in [1.54, 1.807) is 12.1 Å². The third kappa shape index (κ3) is 3.57. The Bertz CT molecular complexity index is 494. The molecule has 0 aliphatic rings. The van der Waals surface area contributed by atoms with Crippen molar-refractivity contribution >= 4 is 0 Å². The van der Waals surface area contributed by atoms with Crippen molar-refractivity contribution in [1.82, 2.24) is 10.3 Å². The molecule has 2 N–H and O–H groups in total. The van der Waals surface area contributed by atoms with Crippen molar-refractivity contribution in [2.45, 2.75) is 19.9 Å². The number of hydrogen-bond acceptors (Lipinski definition) is 3. The van der Waals surface area contributed by atoms with Crippen LogP contribution in [0.1, 0.15) is 16.7 Å². The number of nitrogens with zero attached hydrogens (tertiary/aromatic N) is 1. The molecular formula is C15H18N2O. The number of rotatable bonds is 5. The lowest BCUT2D eigenvalue weighted by molar-refractivity contribution is 0.475. The maximum absolute atomic E-state index is 9.18. The van der Waals surface area contributed by atoms with Crippen molar-refractivity contribution in [3.8, 4) is 5.75 Å². The highest BCUT2D eigenvalue weighted by molar-refractivity contribution is 5.26. The summed E-state index contributed by atoms with van der Waals surface area (Å²) in [5.74, 6) is 0.317. The minimum atomic E-state index is 0.317. The minimum Gasteiger partial charge on any atom is -0.508 e. The topological polar surface area (TPSA) is 45.2 Å². The zero-order chi connectivity index (χ0) is 12.8. The summed E-state index contributed by atoms with van der Waals surface area (Å²) >= 11 is 0. The van der Waals surface area contributed by atoms with E-state index in [4.69, 9.17) is 0 Å². The van der Waals surface area contributed by atoms with Crippen molar-refractivity contribution in [2.24, 2.45) is 0 Å². The highest BCUT2D eigenvalue weighted by Gasteiger charge is 1.97. The minimum absolute atomic E-state index is 0.317. The maximum Gasteiger partial charge on any atom is 0.115 e. The molecule has 0 radical (unpaired) electrons. The first-order valence-corrected chi connectivity index (χ1v) is 6.14. The van der Waals surface area contributed by atoms with E-state index in [-0.39, 0.29) is 0 Å². The third-order valence-electron chi connectivity index (χ3n) is 2.99. The standard InChI is InChI=1S/C15H18N2O/c1-12-6-8-16-10-14(12)11-17-9-7-13-2-4-15(18)5-3-13/h2-6,8,10,17-18H,7,9,11H2,1H3. The van der Waals surface area contributed by atoms with Crippen molar-refractivity contribution in [3.63, 3.8) is 0 Å². The Labute approximate surface area is 108 Å². The Morgan fingerprint density at radius 2 is 1.94 bits per heavy atom. The average Bonchev–Trinajstić information content (AvgIpc) is 2.39. The average molecular weight is 242 g/mol. The first-order valence-electron chi connectivity index (χ1n) is 6.14. The Balaban J connectivity index is 1.76. The van der Waals surface area contributed by atoms with Gasteiger partial charge in [0, 0.05) is 18.9 Å². The van der Waals surface area contributed by atoms with E-state index >= 15 is 0 Å². The van der Waals surface area contributed by atoms with Gasteiger partial charge < -0.3 is 10.4 Å². The van der Waals surface area contributed by atoms with E-state index in [0.29, 0.717) is 5.75 Å². The summed E-state index contributed by atoms with van der Waals surface area (Å²) in [6.45, 7) is 3.86. The van der Waals surface area contributed by atoms with E-state index in [2.05, 4.69) is 17.2 Å². The number of hydrogen-bond donors (Lipinski definition) is 2. The van der Waals surface area contributed by atoms with Gasteiger partial charge in [-0.3, -0.25) is 4.98 Å². The Morgan fingerprint density at radius 1 is 1.17 bits per heavy atom. The fourth-order valence-electron chi connectivity index (χ4n) is 1.80. The largest absolute Gasteiger partial charge is 0.508 e. The van der Waals surface area contributed by atoms with Gasteiger partial charge in [0.15, 0.2) is 0 Å². The molecule has 3 heteroatoms. The highest BCUT2D eigenvalue weighted by Crippen LogP contribution is 2.09. The zero-order valence-corrected chi connectivity index (χ0v) is 10.6. The Kier molecular flexibility index (Phi) is 4.31. The van der Waals surface area contributed by atoms with Gasteiger partial charge >= 0.3 is 0 Å². The molecule has 1 aromatic heterocycles. The molecule has 18 heavy (non-hydrogen) atoms. The summed E-state index contributed by atoms with van der Waals surface area (Å²) < 4.78 is 0. The van der Waals surface area contributed by atoms with Crippen LogP contribution in [0.3, 0.4) is 0 Å². The lowest BCUT2D eigenvalue weighted by Crippen LogP contribution is -2.17. The van der Waals surface area contributed by atoms with Gasteiger partial charge in [-0.25, -0.2) is 0 Å². The van der Waals surface area contributed by atoms with Crippen LogP contribution in [0.5, 0.6) is 5.75 Å². The van der Waals surface area contributed by atoms with Crippen LogP contribution in [0.25, 0.3) is 0 Å². The van der Waals surface area contributed by atoms with Crippen molar-refractivity contribution in [3.05, 3.63) is 59.4 Å². The molecule has 0 saturated carbocycles. The van der Waals surface area contributed by atoms with E-state index in [1.807, 2.05) is 30.6 Å². The molecule has 0 aliphatic heterocycles. The van der Waals surface area contributed by atoms with E-state index in [0.717, 1.165) is 19.5 Å². The van der Waals surface area contributed by atoms with Crippen LogP contribution in [-0.2, 0) is 13.0 Å². The monoisotopic (exact) mass is 242 g/mol. The number of phenols is 1. The molecule has 0 amide bonds. The van der Waals surface area contributed by atoms with E-state index in [9.17, 15) is 5.11 Å². The van der Waals surface area contributed by atoms with Crippen LogP contribution >= 0.6 is 0 Å². The molecule has 2 aromatic rings. The van der Waals surface area contributed by atoms with Gasteiger partial charge in [0.05, 0.1) is 0 Å². The summed E-state index contributed by atoms with van der Waals surface area (Å²) in [6.07, 6.45) is 4.68. The van der Waals surface area contributed by atoms with Crippen LogP contribution in [0.4, 0.5) is 0 Å². The second kappa shape index (κ2) is 6.17. The summed E-state index contributed by atoms with van der Waals surface area (Å²) in [7, 11) is 0. The molecule has 3 nitrogen and oxygen atoms in total. The predicted molar refractivity (Wildman–Crippen MR) is 72.5 cm³/mol. The quantitative estimate of drug-likeness (QED) is 0.791. The van der Waals surface area contributed by atoms with Gasteiger partial charge in [0.2, 0.25) is 0 Å². The molecule has 0 bridgehead atoms. The van der Waals surface area contributed by atoms with Crippen molar-refractivity contribution in [1.29, 1.82) is 0 Å². The number of phenolic OH excluding ortho intramolecular Hbond substituents is 1. The van der Waals surface area contributed by atoms with Crippen LogP contribution in [0.15, 0.2) is 42.7 Å². The molecule has 94 valence electrons. The first kappa shape index (κ1) is 12.6. The maximum atomic E-state index is 9.18. The lowest BCUT2D eigenvalue weighted by Gasteiger charge is -2.07. The van der Waals surface area contributed by atoms with Crippen molar-refractivity contribution in [2.75, 3.05) is 6.54 Å². The molecule has 0 fully saturated rings. The number of aromatic nitrogens is 1. The molecule has 1 heterocycles. The smallest absolute Gasteiger partial charge is 0.115 e. The highest BCUT2D eigenvalue weighted by atomic mass is 16.3. The lowest BCUT2D eigenvalue weighted by atomic mass is 10.1. The Morgan fingerprint density at radius 3 is 2.67 bits per heavy atom. The molecule has 2 rings (SSSR count). The van der Waals surface area contributed by atoms with Crippen LogP contribution in [0.2, 0.25) is 0 Å². The fraction of sp³-hybridized carbons (Fsp3) is 0.267. The Hall–Kier alpha value is -1.87. The summed E-state index contributed by atoms with van der Waals surface area (Å²) in [5.41, 5.74) is 3.73. The normalized spacial score (nSPS) is 10.5. The summed E-state index contributed by atoms with van der Waals surface area (Å²) in [6, 6.07) is 9.37. The van der Waals surface area contributed by atoms with Gasteiger partial charge in [0.25, 0.3) is 0 Å². The molecule has 0 saturated heterocycles.